The number of thioether (sulfide) groups is 1. The Kier molecular flexibility index (Phi) is 6.07. The van der Waals surface area contributed by atoms with E-state index in [-0.39, 0.29) is 16.8 Å². The number of amides is 1. The van der Waals surface area contributed by atoms with E-state index in [0.717, 1.165) is 34.6 Å². The molecule has 0 spiro atoms. The van der Waals surface area contributed by atoms with Gasteiger partial charge in [0.25, 0.3) is 0 Å². The molecule has 0 aliphatic rings. The van der Waals surface area contributed by atoms with Gasteiger partial charge in [-0.1, -0.05) is 42.1 Å². The number of benzene rings is 1. The minimum Gasteiger partial charge on any atom is -0.342 e. The highest BCUT2D eigenvalue weighted by Crippen LogP contribution is 2.28. The molecule has 3 aromatic rings. The summed E-state index contributed by atoms with van der Waals surface area (Å²) >= 11 is 2.25. The number of hydrogen-bond acceptors (Lipinski definition) is 6. The molecule has 0 radical (unpaired) electrons. The summed E-state index contributed by atoms with van der Waals surface area (Å²) in [7, 11) is 0. The summed E-state index contributed by atoms with van der Waals surface area (Å²) < 4.78 is 38.1. The fraction of sp³-hybridized carbons (Fsp3) is 0.176. The van der Waals surface area contributed by atoms with Crippen LogP contribution in [0, 0.1) is 0 Å². The van der Waals surface area contributed by atoms with E-state index in [9.17, 15) is 18.0 Å². The van der Waals surface area contributed by atoms with Crippen molar-refractivity contribution in [2.24, 2.45) is 0 Å². The van der Waals surface area contributed by atoms with Crippen LogP contribution in [0.1, 0.15) is 22.3 Å². The van der Waals surface area contributed by atoms with Gasteiger partial charge in [0.1, 0.15) is 16.7 Å². The molecular formula is C17H13F3N4OS2. The van der Waals surface area contributed by atoms with E-state index >= 15 is 0 Å². The van der Waals surface area contributed by atoms with Gasteiger partial charge in [0.15, 0.2) is 5.16 Å². The second-order valence-corrected chi connectivity index (χ2v) is 7.16. The fourth-order valence-corrected chi connectivity index (χ4v) is 3.57. The standard InChI is InChI=1S/C17H13F3N4OS2/c18-17(19,20)12-6-7-22-16(23-12)27-10-13(25)24-14(15-21-8-9-26-15)11-4-2-1-3-5-11/h1-9,14H,10H2,(H,24,25). The molecule has 1 unspecified atom stereocenters. The lowest BCUT2D eigenvalue weighted by molar-refractivity contribution is -0.141. The third-order valence-corrected chi connectivity index (χ3v) is 5.09. The van der Waals surface area contributed by atoms with Gasteiger partial charge in [-0.15, -0.1) is 11.3 Å². The van der Waals surface area contributed by atoms with Crippen molar-refractivity contribution in [3.8, 4) is 0 Å². The number of carbonyl (C=O) groups is 1. The molecule has 10 heteroatoms. The van der Waals surface area contributed by atoms with E-state index < -0.39 is 17.9 Å². The van der Waals surface area contributed by atoms with E-state index in [1.165, 1.54) is 11.3 Å². The summed E-state index contributed by atoms with van der Waals surface area (Å²) in [5.74, 6) is -0.471. The maximum absolute atomic E-state index is 12.7. The number of hydrogen-bond donors (Lipinski definition) is 1. The zero-order chi connectivity index (χ0) is 19.3. The first-order chi connectivity index (χ1) is 12.9. The average Bonchev–Trinajstić information content (AvgIpc) is 3.19. The first-order valence-corrected chi connectivity index (χ1v) is 9.57. The summed E-state index contributed by atoms with van der Waals surface area (Å²) in [6.07, 6.45) is -1.88. The molecule has 3 rings (SSSR count). The predicted octanol–water partition coefficient (Wildman–Crippen LogP) is 3.95. The number of carbonyl (C=O) groups excluding carboxylic acids is 1. The van der Waals surface area contributed by atoms with Crippen LogP contribution in [0.5, 0.6) is 0 Å². The van der Waals surface area contributed by atoms with Gasteiger partial charge in [-0.3, -0.25) is 4.79 Å². The highest BCUT2D eigenvalue weighted by Gasteiger charge is 2.32. The minimum absolute atomic E-state index is 0.106. The molecule has 1 N–H and O–H groups in total. The van der Waals surface area contributed by atoms with Crippen LogP contribution >= 0.6 is 23.1 Å². The Morgan fingerprint density at radius 3 is 2.59 bits per heavy atom. The van der Waals surface area contributed by atoms with Crippen LogP contribution in [-0.4, -0.2) is 26.6 Å². The van der Waals surface area contributed by atoms with Crippen LogP contribution in [0.4, 0.5) is 13.2 Å². The van der Waals surface area contributed by atoms with E-state index in [1.54, 1.807) is 6.20 Å². The van der Waals surface area contributed by atoms with Crippen molar-refractivity contribution >= 4 is 29.0 Å². The smallest absolute Gasteiger partial charge is 0.342 e. The second kappa shape index (κ2) is 8.49. The quantitative estimate of drug-likeness (QED) is 0.492. The summed E-state index contributed by atoms with van der Waals surface area (Å²) in [6.45, 7) is 0. The maximum atomic E-state index is 12.7. The van der Waals surface area contributed by atoms with Crippen LogP contribution in [0.3, 0.4) is 0 Å². The number of nitrogens with zero attached hydrogens (tertiary/aromatic N) is 3. The SMILES string of the molecule is O=C(CSc1nccc(C(F)(F)F)n1)NC(c1ccccc1)c1nccs1. The van der Waals surface area contributed by atoms with E-state index in [1.807, 2.05) is 35.7 Å². The van der Waals surface area contributed by atoms with Crippen molar-refractivity contribution < 1.29 is 18.0 Å². The lowest BCUT2D eigenvalue weighted by Gasteiger charge is -2.17. The lowest BCUT2D eigenvalue weighted by Crippen LogP contribution is -2.30. The number of rotatable bonds is 6. The van der Waals surface area contributed by atoms with Crippen LogP contribution in [0.25, 0.3) is 0 Å². The Morgan fingerprint density at radius 1 is 1.15 bits per heavy atom. The minimum atomic E-state index is -4.55. The normalized spacial score (nSPS) is 12.6. The average molecular weight is 410 g/mol. The van der Waals surface area contributed by atoms with Crippen molar-refractivity contribution in [2.45, 2.75) is 17.4 Å². The molecule has 5 nitrogen and oxygen atoms in total. The first kappa shape index (κ1) is 19.3. The van der Waals surface area contributed by atoms with Gasteiger partial charge in [-0.25, -0.2) is 15.0 Å². The Balaban J connectivity index is 1.67. The molecule has 0 saturated carbocycles. The molecule has 0 fully saturated rings. The molecule has 0 bridgehead atoms. The Labute approximate surface area is 161 Å². The lowest BCUT2D eigenvalue weighted by atomic mass is 10.1. The van der Waals surface area contributed by atoms with Gasteiger partial charge in [0.2, 0.25) is 5.91 Å². The topological polar surface area (TPSA) is 67.8 Å². The molecular weight excluding hydrogens is 397 g/mol. The highest BCUT2D eigenvalue weighted by molar-refractivity contribution is 7.99. The number of alkyl halides is 3. The van der Waals surface area contributed by atoms with Crippen LogP contribution in [-0.2, 0) is 11.0 Å². The van der Waals surface area contributed by atoms with Crippen molar-refractivity contribution in [2.75, 3.05) is 5.75 Å². The van der Waals surface area contributed by atoms with E-state index in [0.29, 0.717) is 0 Å². The van der Waals surface area contributed by atoms with Gasteiger partial charge in [0.05, 0.1) is 5.75 Å². The molecule has 27 heavy (non-hydrogen) atoms. The summed E-state index contributed by atoms with van der Waals surface area (Å²) in [5, 5.41) is 5.28. The van der Waals surface area contributed by atoms with Crippen LogP contribution in [0.2, 0.25) is 0 Å². The number of thiazole rings is 1. The van der Waals surface area contributed by atoms with E-state index in [2.05, 4.69) is 20.3 Å². The number of nitrogens with one attached hydrogen (secondary N) is 1. The van der Waals surface area contributed by atoms with Gasteiger partial charge in [-0.2, -0.15) is 13.2 Å². The molecule has 2 heterocycles. The van der Waals surface area contributed by atoms with Crippen molar-refractivity contribution in [1.29, 1.82) is 0 Å². The summed E-state index contributed by atoms with van der Waals surface area (Å²) in [5.41, 5.74) is -0.175. The fourth-order valence-electron chi connectivity index (χ4n) is 2.21. The Morgan fingerprint density at radius 2 is 1.93 bits per heavy atom. The Bertz CT molecular complexity index is 889. The van der Waals surface area contributed by atoms with Crippen molar-refractivity contribution in [1.82, 2.24) is 20.3 Å². The largest absolute Gasteiger partial charge is 0.433 e. The zero-order valence-electron chi connectivity index (χ0n) is 13.7. The van der Waals surface area contributed by atoms with Gasteiger partial charge >= 0.3 is 6.18 Å². The number of halogens is 3. The van der Waals surface area contributed by atoms with Gasteiger partial charge < -0.3 is 5.32 Å². The maximum Gasteiger partial charge on any atom is 0.433 e. The molecule has 2 aromatic heterocycles. The molecule has 1 amide bonds. The number of aromatic nitrogens is 3. The molecule has 1 atom stereocenters. The third kappa shape index (κ3) is 5.27. The van der Waals surface area contributed by atoms with Gasteiger partial charge in [0, 0.05) is 17.8 Å². The third-order valence-electron chi connectivity index (χ3n) is 3.39. The first-order valence-electron chi connectivity index (χ1n) is 7.70. The monoisotopic (exact) mass is 410 g/mol. The Hall–Kier alpha value is -2.46. The van der Waals surface area contributed by atoms with Crippen molar-refractivity contribution in [3.63, 3.8) is 0 Å². The molecule has 140 valence electrons. The van der Waals surface area contributed by atoms with Crippen LogP contribution in [0.15, 0.2) is 59.3 Å². The zero-order valence-corrected chi connectivity index (χ0v) is 15.3. The molecule has 0 saturated heterocycles. The summed E-state index contributed by atoms with van der Waals surface area (Å²) in [4.78, 5) is 23.8. The van der Waals surface area contributed by atoms with Gasteiger partial charge in [-0.05, 0) is 11.6 Å². The molecule has 0 aliphatic carbocycles. The second-order valence-electron chi connectivity index (χ2n) is 5.29. The van der Waals surface area contributed by atoms with E-state index in [4.69, 9.17) is 0 Å². The van der Waals surface area contributed by atoms with Crippen LogP contribution < -0.4 is 5.32 Å². The molecule has 0 aliphatic heterocycles. The highest BCUT2D eigenvalue weighted by atomic mass is 32.2. The van der Waals surface area contributed by atoms with Crippen molar-refractivity contribution in [3.05, 3.63) is 70.4 Å². The predicted molar refractivity (Wildman–Crippen MR) is 96.3 cm³/mol. The molecule has 1 aromatic carbocycles. The summed E-state index contributed by atoms with van der Waals surface area (Å²) in [6, 6.07) is 9.68.